The average molecular weight is 1110 g/mol. The van der Waals surface area contributed by atoms with Crippen LogP contribution in [0.25, 0.3) is 34.3 Å². The summed E-state index contributed by atoms with van der Waals surface area (Å²) in [6, 6.07) is 10.0. The van der Waals surface area contributed by atoms with Gasteiger partial charge in [0.1, 0.15) is 36.2 Å². The monoisotopic (exact) mass is 1110 g/mol. The summed E-state index contributed by atoms with van der Waals surface area (Å²) in [6.07, 6.45) is 0.532. The molecule has 10 N–H and O–H groups in total. The highest BCUT2D eigenvalue weighted by Crippen LogP contribution is 2.66. The molecule has 5 aromatic rings. The predicted molar refractivity (Wildman–Crippen MR) is 257 cm³/mol. The van der Waals surface area contributed by atoms with Crippen LogP contribution in [0.1, 0.15) is 57.0 Å². The molecule has 1 fully saturated rings. The number of phosphoric ester groups is 1. The lowest BCUT2D eigenvalue weighted by Gasteiger charge is -2.22. The summed E-state index contributed by atoms with van der Waals surface area (Å²) in [4.78, 5) is 90.3. The molecule has 0 saturated carbocycles. The third-order valence-electron chi connectivity index (χ3n) is 10.7. The number of aliphatic hydroxyl groups excluding tert-OH is 1. The van der Waals surface area contributed by atoms with Crippen molar-refractivity contribution in [1.82, 2.24) is 30.2 Å². The van der Waals surface area contributed by atoms with Crippen LogP contribution in [0, 0.1) is 0 Å². The van der Waals surface area contributed by atoms with Crippen molar-refractivity contribution in [1.29, 1.82) is 0 Å². The van der Waals surface area contributed by atoms with Crippen LogP contribution in [0.3, 0.4) is 0 Å². The van der Waals surface area contributed by atoms with Crippen molar-refractivity contribution in [3.05, 3.63) is 76.9 Å². The number of phosphoric acid groups is 2. The van der Waals surface area contributed by atoms with Crippen LogP contribution in [0.2, 0.25) is 0 Å². The molecular weight excluding hydrogens is 1060 g/mol. The fourth-order valence-corrected chi connectivity index (χ4v) is 11.6. The number of pyridine rings is 1. The molecular formula is C39H51N9O19P3S2+. The molecule has 392 valence electrons. The Bertz CT molecular complexity index is 3140. The third-order valence-corrected chi connectivity index (χ3v) is 15.9. The number of unbranched alkanes of at least 4 members (excludes halogenated alkanes) is 2. The average Bonchev–Trinajstić information content (AvgIpc) is 3.86. The summed E-state index contributed by atoms with van der Waals surface area (Å²) < 4.78 is 90.3. The molecule has 4 aromatic heterocycles. The number of carbonyl (C=O) groups excluding carboxylic acids is 2. The molecule has 0 spiro atoms. The van der Waals surface area contributed by atoms with Gasteiger partial charge in [-0.15, -0.1) is 0 Å². The zero-order chi connectivity index (χ0) is 52.6. The number of benzene rings is 1. The van der Waals surface area contributed by atoms with Crippen LogP contribution in [-0.2, 0) is 65.0 Å². The van der Waals surface area contributed by atoms with Gasteiger partial charge in [-0.05, 0) is 68.8 Å². The minimum atomic E-state index is -5.67. The maximum Gasteiger partial charge on any atom is 0.488 e. The topological polar surface area (TPSA) is 401 Å². The van der Waals surface area contributed by atoms with Gasteiger partial charge in [0.25, 0.3) is 10.1 Å². The van der Waals surface area contributed by atoms with Gasteiger partial charge >= 0.3 is 34.1 Å². The number of amides is 2. The molecule has 6 rings (SSSR count). The van der Waals surface area contributed by atoms with Crippen molar-refractivity contribution >= 4 is 102 Å². The van der Waals surface area contributed by atoms with E-state index < -0.39 is 75.3 Å². The minimum absolute atomic E-state index is 0.0400. The summed E-state index contributed by atoms with van der Waals surface area (Å²) >= 11 is 4.06. The number of nitrogens with zero attached hydrogens (tertiary/aromatic N) is 6. The van der Waals surface area contributed by atoms with E-state index in [1.165, 1.54) is 29.2 Å². The molecule has 28 nitrogen and oxygen atoms in total. The van der Waals surface area contributed by atoms with Gasteiger partial charge in [-0.3, -0.25) is 18.4 Å². The maximum atomic E-state index is 13.0. The number of aryl methyl sites for hydroxylation is 1. The highest BCUT2D eigenvalue weighted by atomic mass is 32.5. The summed E-state index contributed by atoms with van der Waals surface area (Å²) in [6.45, 7) is -0.244. The van der Waals surface area contributed by atoms with Gasteiger partial charge in [-0.25, -0.2) is 38.0 Å². The van der Waals surface area contributed by atoms with Gasteiger partial charge in [0.05, 0.1) is 18.5 Å². The molecule has 1 aliphatic heterocycles. The summed E-state index contributed by atoms with van der Waals surface area (Å²) in [5.41, 5.74) is 7.59. The first-order valence-electron chi connectivity index (χ1n) is 21.6. The number of nitrogens with one attached hydrogen (secondary N) is 2. The lowest BCUT2D eigenvalue weighted by atomic mass is 10.1. The van der Waals surface area contributed by atoms with E-state index in [0.717, 1.165) is 25.1 Å². The normalized spacial score (nSPS) is 19.1. The second-order valence-electron chi connectivity index (χ2n) is 15.7. The number of imidazole rings is 1. The molecule has 1 aliphatic rings. The second kappa shape index (κ2) is 23.8. The molecule has 1 saturated heterocycles. The standard InChI is InChI=1S/C39H50N9O19P3S2/c1-3-46(4-2)27-12-9-24-18-25(38(51)64-29(24)19-27)10-11-26-13-14-28(72(59,60)61)20-47(26)17-7-5-6-8-31(49)41-15-16-42-39(52)65-34-33(50)30(21-62-68(53,54)66-69(55,56)67-70(57,58)71)63-37(34)48-23-45-32-35(40)43-22-44-36(32)48/h9-14,18-20,22-23,30,33-34,37,50H,3-8,15-17,21H2,1-2H3,(H8-,40,41,42,43,44,49,52,53,54,55,56,57,58,59,60,61,71)/p+1/t30-,33-,34-,37-/m1/s1. The first-order valence-corrected chi connectivity index (χ1v) is 28.7. The maximum absolute atomic E-state index is 13.0. The lowest BCUT2D eigenvalue weighted by molar-refractivity contribution is -0.700. The van der Waals surface area contributed by atoms with E-state index in [0.29, 0.717) is 35.9 Å². The van der Waals surface area contributed by atoms with Gasteiger partial charge < -0.3 is 59.8 Å². The minimum Gasteiger partial charge on any atom is -0.439 e. The highest BCUT2D eigenvalue weighted by Gasteiger charge is 2.49. The van der Waals surface area contributed by atoms with E-state index in [1.807, 2.05) is 32.0 Å². The Hall–Kier alpha value is -5.13. The van der Waals surface area contributed by atoms with Crippen molar-refractivity contribution < 1.29 is 88.0 Å². The van der Waals surface area contributed by atoms with Crippen molar-refractivity contribution in [2.75, 3.05) is 43.4 Å². The number of fused-ring (bicyclic) bond motifs is 2. The van der Waals surface area contributed by atoms with Crippen LogP contribution in [0.4, 0.5) is 16.3 Å². The van der Waals surface area contributed by atoms with Crippen LogP contribution >= 0.6 is 22.4 Å². The number of hydrogen-bond donors (Lipinski definition) is 9. The van der Waals surface area contributed by atoms with Crippen molar-refractivity contribution in [3.8, 4) is 0 Å². The molecule has 0 radical (unpaired) electrons. The van der Waals surface area contributed by atoms with E-state index in [9.17, 15) is 51.4 Å². The van der Waals surface area contributed by atoms with Gasteiger partial charge in [0.2, 0.25) is 11.6 Å². The van der Waals surface area contributed by atoms with Crippen molar-refractivity contribution in [2.24, 2.45) is 0 Å². The first-order chi connectivity index (χ1) is 33.9. The van der Waals surface area contributed by atoms with Crippen LogP contribution in [0.15, 0.2) is 69.4 Å². The number of hydrogen-bond acceptors (Lipinski definition) is 20. The molecule has 5 heterocycles. The summed E-state index contributed by atoms with van der Waals surface area (Å²) in [7, 11) is -15.8. The van der Waals surface area contributed by atoms with Gasteiger partial charge in [0, 0.05) is 68.3 Å². The van der Waals surface area contributed by atoms with Crippen LogP contribution in [0.5, 0.6) is 0 Å². The largest absolute Gasteiger partial charge is 0.488 e. The Labute approximate surface area is 414 Å². The van der Waals surface area contributed by atoms with Crippen LogP contribution < -0.4 is 31.5 Å². The quantitative estimate of drug-likeness (QED) is 0.0141. The van der Waals surface area contributed by atoms with Crippen LogP contribution in [-0.4, -0.2) is 120 Å². The van der Waals surface area contributed by atoms with E-state index in [-0.39, 0.29) is 59.4 Å². The zero-order valence-electron chi connectivity index (χ0n) is 38.1. The Kier molecular flexibility index (Phi) is 18.6. The number of aromatic nitrogens is 5. The molecule has 72 heavy (non-hydrogen) atoms. The third kappa shape index (κ3) is 15.2. The number of anilines is 2. The molecule has 0 aliphatic carbocycles. The Morgan fingerprint density at radius 3 is 2.43 bits per heavy atom. The number of alkyl carbamates (subject to hydrolysis) is 1. The number of aliphatic hydroxyl groups is 1. The highest BCUT2D eigenvalue weighted by molar-refractivity contribution is 8.08. The summed E-state index contributed by atoms with van der Waals surface area (Å²) in [5.74, 6) is -0.405. The van der Waals surface area contributed by atoms with Gasteiger partial charge in [-0.1, -0.05) is 0 Å². The second-order valence-corrected chi connectivity index (χ2v) is 22.9. The smallest absolute Gasteiger partial charge is 0.439 e. The Morgan fingerprint density at radius 2 is 1.72 bits per heavy atom. The van der Waals surface area contributed by atoms with Gasteiger partial charge in [-0.2, -0.15) is 17.3 Å². The lowest BCUT2D eigenvalue weighted by Crippen LogP contribution is -2.41. The van der Waals surface area contributed by atoms with E-state index >= 15 is 0 Å². The fourth-order valence-electron chi connectivity index (χ4n) is 7.32. The number of nitrogens with two attached hydrogens (primary N) is 1. The molecule has 33 heteroatoms. The Balaban J connectivity index is 0.993. The predicted octanol–water partition coefficient (Wildman–Crippen LogP) is 2.26. The SMILES string of the molecule is CCN(CC)c1ccc2cc(/C=C/c3ccc(S(=O)(=O)O)c[n+]3CCCCCC(=O)NCCNC(=O)O[C@@H]3[C@H](O)[C@@H](COP(=O)(O)OP(=O)(O)OP(O)(O)=S)O[C@H]3n3cnc4c(N)ncnc43)c(=O)oc2c1. The molecule has 0 bridgehead atoms. The Morgan fingerprint density at radius 1 is 0.986 bits per heavy atom. The number of carbonyl (C=O) groups is 2. The molecule has 2 unspecified atom stereocenters. The molecule has 2 amide bonds. The number of nitrogen functional groups attached to an aromatic ring is 1. The first kappa shape index (κ1) is 56.2. The fraction of sp³-hybridized carbons (Fsp3) is 0.410. The number of ether oxygens (including phenoxy) is 2. The zero-order valence-corrected chi connectivity index (χ0v) is 42.5. The summed E-state index contributed by atoms with van der Waals surface area (Å²) in [5, 5.41) is 16.9. The van der Waals surface area contributed by atoms with E-state index in [2.05, 4.69) is 55.4 Å². The van der Waals surface area contributed by atoms with Gasteiger partial charge in [0.15, 0.2) is 34.9 Å². The molecule has 1 aromatic carbocycles. The number of rotatable bonds is 24. The van der Waals surface area contributed by atoms with Crippen molar-refractivity contribution in [2.45, 2.75) is 75.5 Å². The van der Waals surface area contributed by atoms with E-state index in [4.69, 9.17) is 29.4 Å². The van der Waals surface area contributed by atoms with E-state index in [1.54, 1.807) is 22.8 Å². The van der Waals surface area contributed by atoms with Crippen molar-refractivity contribution in [3.63, 3.8) is 0 Å². The molecule has 6 atom stereocenters.